The van der Waals surface area contributed by atoms with E-state index in [9.17, 15) is 82.3 Å². The summed E-state index contributed by atoms with van der Waals surface area (Å²) in [7, 11) is 0. The molecule has 20 N–H and O–H groups in total. The summed E-state index contributed by atoms with van der Waals surface area (Å²) in [6.07, 6.45) is -19.7. The number of H-pyrrole nitrogens is 4. The van der Waals surface area contributed by atoms with Crippen LogP contribution in [0.1, 0.15) is 123 Å². The molecule has 0 aliphatic carbocycles. The summed E-state index contributed by atoms with van der Waals surface area (Å²) >= 11 is 38.3. The first-order valence-corrected chi connectivity index (χ1v) is 60.8. The highest BCUT2D eigenvalue weighted by molar-refractivity contribution is 8.09. The molecular weight excluding hydrogens is 2180 g/mol. The van der Waals surface area contributed by atoms with Crippen LogP contribution in [0.25, 0.3) is 22.3 Å². The number of nitrogens with zero attached hydrogens (tertiary/aromatic N) is 14. The molecule has 782 valence electrons. The van der Waals surface area contributed by atoms with Gasteiger partial charge in [0, 0.05) is 104 Å². The monoisotopic (exact) mass is 2270 g/mol. The van der Waals surface area contributed by atoms with Gasteiger partial charge in [0.05, 0.1) is 101 Å². The van der Waals surface area contributed by atoms with Crippen molar-refractivity contribution < 1.29 is 131 Å². The number of anilines is 4. The second kappa shape index (κ2) is 43.4. The number of aromatic nitrogens is 18. The van der Waals surface area contributed by atoms with Crippen LogP contribution in [0.5, 0.6) is 0 Å². The second-order valence-electron chi connectivity index (χ2n) is 33.6. The van der Waals surface area contributed by atoms with E-state index in [1.807, 2.05) is 0 Å². The average molecular weight is 2280 g/mol. The minimum Gasteiger partial charge on any atom is -0.383 e. The van der Waals surface area contributed by atoms with Crippen molar-refractivity contribution in [3.8, 4) is 0 Å². The molecule has 0 saturated carbocycles. The molecule has 9 aromatic rings. The molecule has 7 aliphatic heterocycles. The van der Waals surface area contributed by atoms with Crippen molar-refractivity contribution >= 4 is 175 Å². The van der Waals surface area contributed by atoms with E-state index in [1.165, 1.54) is 80.6 Å². The summed E-state index contributed by atoms with van der Waals surface area (Å²) in [5.74, 6) is -0.383. The SMILES string of the molecule is Cc1cn([C@H]2CC(OP(O)(=S)OC[C@H]3O[C@@H](n4cc(C)c(=O)[nH]c4=O)CC3OP(O)(=S)OC[C@H]3O[C@@H](n4cc(C)c(N)nc4=O)CC3OP(O)(=S)OC[C@H]3O[C@@H](n4cc(C)c(=O)[nH]c4=O)CC3OP(O)(=S)OC[C@H]3O[C@@H](n4cc(C)c(=O)[nH]c4=O)CC3OP(O)(=S)OC[C@H]3O[C@@H](n4cnc5c(N)ncnc54)CC3OP(O)(O)=S)[C@@H](COP(O)(=S)OC3C[C@H](n4cnc5c(=O)[nH]c(N)nc54)O[C@@H]3C)O2)c(=O)nc1N. The third kappa shape index (κ3) is 26.0. The van der Waals surface area contributed by atoms with Crippen molar-refractivity contribution in [3.05, 3.63) is 172 Å². The normalized spacial score (nSPS) is 29.5. The molecule has 0 aromatic carbocycles. The molecule has 13 unspecified atom stereocenters. The van der Waals surface area contributed by atoms with Crippen LogP contribution in [0.15, 0.2) is 93.1 Å². The summed E-state index contributed by atoms with van der Waals surface area (Å²) in [6.45, 7) is -28.0. The summed E-state index contributed by atoms with van der Waals surface area (Å²) in [5.41, 5.74) is 17.5. The maximum atomic E-state index is 13.6. The third-order valence-electron chi connectivity index (χ3n) is 23.5. The molecule has 143 heavy (non-hydrogen) atoms. The van der Waals surface area contributed by atoms with E-state index < -0.39 is 286 Å². The molecule has 59 nitrogen and oxygen atoms in total. The van der Waals surface area contributed by atoms with Gasteiger partial charge in [0.25, 0.3) is 22.2 Å². The van der Waals surface area contributed by atoms with Gasteiger partial charge in [-0.05, 0) is 124 Å². The van der Waals surface area contributed by atoms with Gasteiger partial charge in [-0.1, -0.05) is 0 Å². The van der Waals surface area contributed by atoms with E-state index in [4.69, 9.17) is 198 Å². The number of nitrogens with two attached hydrogens (primary N) is 4. The molecule has 73 heteroatoms. The van der Waals surface area contributed by atoms with Crippen LogP contribution in [-0.4, -0.2) is 251 Å². The van der Waals surface area contributed by atoms with Crippen LogP contribution in [-0.2, 0) is 175 Å². The molecular formula is C70H93N22O37P7S7. The molecule has 0 amide bonds. The topological polar surface area (TPSA) is 792 Å². The molecule has 0 spiro atoms. The van der Waals surface area contributed by atoms with Crippen LogP contribution in [0.2, 0.25) is 0 Å². The summed E-state index contributed by atoms with van der Waals surface area (Å²) in [5, 5.41) is 0. The van der Waals surface area contributed by atoms with Gasteiger partial charge in [-0.15, -0.1) is 0 Å². The standard InChI is InChI=1S/C70H93N22O37P7S7/c1-28-14-86(66(97)79-56(28)71)47-9-36(42(117-47)20-110-131(104,138)124-34-7-52(116-33(34)6)92-27-78-55-60(92)81-65(74)82-64(55)96)125-133(106,140)113-23-45-39(12-50(120-45)89-17-31(4)62(94)84-69(89)100)128-135(108,142)112-21-43-37(10-48(118-43)87-15-29(2)57(72)80-67(87)98)126-134(107,141)114-24-46-40(13-51(121-46)90-18-32(5)63(95)85-70(90)101)129-136(109,143)115-22-44-38(11-49(119-44)88-16-30(3)61(93)83-68(88)99)127-132(105,139)111-19-41-35(123-130(102,103)137)8-53(122-41)91-26-77-54-58(73)75-25-76-59(54)91/h14-18,25-27,33-53H,7-13,19-24H2,1-6H3,(H,104,138)(H,105,139)(H,106,140)(H,107,141)(H,108,142)(H,109,143)(H2,71,79,97)(H2,72,80,98)(H2,73,75,76)(H,83,93,99)(H,84,94,100)(H,85,95,101)(H2,102,103,137)(H3,74,81,82,96)/t33-,34?,35?,36?,37?,38?,39?,40?,41-,42-,43-,44-,45-,46-,47-,48-,49-,50-,51-,52-,53-,131?,132?,133?,134?,135?,136?/m1/s1. The highest BCUT2D eigenvalue weighted by Gasteiger charge is 2.52. The quantitative estimate of drug-likeness (QED) is 0.0213. The summed E-state index contributed by atoms with van der Waals surface area (Å²) < 4.78 is 129. The van der Waals surface area contributed by atoms with Gasteiger partial charge in [-0.25, -0.2) is 43.9 Å². The highest BCUT2D eigenvalue weighted by Crippen LogP contribution is 2.58. The van der Waals surface area contributed by atoms with E-state index in [0.717, 1.165) is 29.0 Å². The van der Waals surface area contributed by atoms with Crippen molar-refractivity contribution in [2.45, 2.75) is 216 Å². The Hall–Kier alpha value is -6.67. The Labute approximate surface area is 837 Å². The lowest BCUT2D eigenvalue weighted by Crippen LogP contribution is -2.33. The third-order valence-corrected chi connectivity index (χ3v) is 33.8. The highest BCUT2D eigenvalue weighted by atomic mass is 32.5. The van der Waals surface area contributed by atoms with Crippen molar-refractivity contribution in [2.24, 2.45) is 0 Å². The molecule has 27 atom stereocenters. The molecule has 7 saturated heterocycles. The summed E-state index contributed by atoms with van der Waals surface area (Å²) in [4.78, 5) is 248. The molecule has 7 aliphatic rings. The number of nitrogen functional groups attached to an aromatic ring is 4. The Morgan fingerprint density at radius 1 is 0.336 bits per heavy atom. The largest absolute Gasteiger partial charge is 0.383 e. The zero-order valence-corrected chi connectivity index (χ0v) is 86.9. The minimum absolute atomic E-state index is 0.0258. The average Bonchev–Trinajstić information content (AvgIpc) is 1.63. The Balaban J connectivity index is 0.599. The van der Waals surface area contributed by atoms with Gasteiger partial charge in [-0.2, -0.15) is 15.0 Å². The van der Waals surface area contributed by atoms with Gasteiger partial charge < -0.3 is 154 Å². The maximum absolute atomic E-state index is 13.6. The predicted molar refractivity (Wildman–Crippen MR) is 519 cm³/mol. The number of imidazole rings is 2. The summed E-state index contributed by atoms with van der Waals surface area (Å²) in [6, 6.07) is 0. The number of nitrogens with one attached hydrogen (secondary N) is 4. The lowest BCUT2D eigenvalue weighted by atomic mass is 10.2. The Bertz CT molecular complexity index is 7340. The van der Waals surface area contributed by atoms with Gasteiger partial charge in [-0.3, -0.25) is 71.1 Å². The first kappa shape index (κ1) is 109. The molecule has 7 fully saturated rings. The minimum atomic E-state index is -4.79. The fourth-order valence-electron chi connectivity index (χ4n) is 16.5. The van der Waals surface area contributed by atoms with Crippen molar-refractivity contribution in [1.82, 2.24) is 86.8 Å². The lowest BCUT2D eigenvalue weighted by Gasteiger charge is -2.29. The van der Waals surface area contributed by atoms with E-state index in [1.54, 1.807) is 13.8 Å². The number of rotatable bonds is 39. The predicted octanol–water partition coefficient (Wildman–Crippen LogP) is -0.667. The fraction of sp³-hybridized carbons (Fsp3) is 0.571. The Morgan fingerprint density at radius 3 is 0.951 bits per heavy atom. The number of aryl methyl sites for hydroxylation is 5. The second-order valence-corrected chi connectivity index (χ2v) is 53.0. The maximum Gasteiger partial charge on any atom is 0.351 e. The van der Waals surface area contributed by atoms with E-state index in [0.29, 0.717) is 11.1 Å². The van der Waals surface area contributed by atoms with Crippen LogP contribution < -0.4 is 73.6 Å². The Kier molecular flexibility index (Phi) is 33.1. The first-order chi connectivity index (χ1) is 67.1. The van der Waals surface area contributed by atoms with Crippen LogP contribution in [0.3, 0.4) is 0 Å². The number of ether oxygens (including phenoxy) is 7. The number of hydrogen-bond donors (Lipinski definition) is 16. The van der Waals surface area contributed by atoms with Gasteiger partial charge >= 0.3 is 75.5 Å². The molecule has 0 radical (unpaired) electrons. The van der Waals surface area contributed by atoms with E-state index in [-0.39, 0.29) is 88.1 Å². The molecule has 16 rings (SSSR count). The number of aromatic amines is 4. The van der Waals surface area contributed by atoms with Crippen molar-refractivity contribution in [1.29, 1.82) is 0 Å². The van der Waals surface area contributed by atoms with Gasteiger partial charge in [0.15, 0.2) is 22.6 Å². The van der Waals surface area contributed by atoms with Crippen molar-refractivity contribution in [2.75, 3.05) is 62.6 Å². The fourth-order valence-corrected chi connectivity index (χ4v) is 26.3. The van der Waals surface area contributed by atoms with Gasteiger partial charge in [0.2, 0.25) is 5.95 Å². The molecule has 9 aromatic heterocycles. The van der Waals surface area contributed by atoms with E-state index >= 15 is 0 Å². The first-order valence-electron chi connectivity index (χ1n) is 42.6. The zero-order chi connectivity index (χ0) is 103. The van der Waals surface area contributed by atoms with E-state index in [2.05, 4.69) is 54.8 Å². The number of fused-ring (bicyclic) bond motifs is 2. The van der Waals surface area contributed by atoms with Gasteiger partial charge in [0.1, 0.15) is 104 Å². The van der Waals surface area contributed by atoms with Crippen LogP contribution in [0, 0.1) is 34.6 Å². The lowest BCUT2D eigenvalue weighted by molar-refractivity contribution is -0.0581. The number of hydrogen-bond acceptors (Lipinski definition) is 47. The molecule has 0 bridgehead atoms. The smallest absolute Gasteiger partial charge is 0.351 e. The van der Waals surface area contributed by atoms with Crippen molar-refractivity contribution in [3.63, 3.8) is 0 Å². The molecule has 16 heterocycles. The van der Waals surface area contributed by atoms with Crippen LogP contribution >= 0.6 is 47.0 Å². The van der Waals surface area contributed by atoms with Crippen LogP contribution in [0.4, 0.5) is 23.4 Å². The Morgan fingerprint density at radius 2 is 0.615 bits per heavy atom. The zero-order valence-electron chi connectivity index (χ0n) is 74.9.